The Morgan fingerprint density at radius 3 is 2.67 bits per heavy atom. The predicted octanol–water partition coefficient (Wildman–Crippen LogP) is 1.73. The summed E-state index contributed by atoms with van der Waals surface area (Å²) in [6.45, 7) is 1.12. The molecule has 1 heterocycles. The van der Waals surface area contributed by atoms with E-state index in [1.165, 1.54) is 18.2 Å². The Kier molecular flexibility index (Phi) is 5.94. The zero-order valence-electron chi connectivity index (χ0n) is 14.4. The number of nitro benzene ring substituents is 1. The zero-order valence-corrected chi connectivity index (χ0v) is 14.4. The van der Waals surface area contributed by atoms with Gasteiger partial charge in [-0.1, -0.05) is 24.3 Å². The number of anilines is 1. The van der Waals surface area contributed by atoms with Crippen molar-refractivity contribution in [3.63, 3.8) is 0 Å². The summed E-state index contributed by atoms with van der Waals surface area (Å²) in [5, 5.41) is 16.8. The summed E-state index contributed by atoms with van der Waals surface area (Å²) in [4.78, 5) is 23.0. The normalized spacial score (nSPS) is 18.9. The van der Waals surface area contributed by atoms with E-state index >= 15 is 0 Å². The molecule has 1 saturated heterocycles. The lowest BCUT2D eigenvalue weighted by molar-refractivity contribution is -0.384. The third kappa shape index (κ3) is 4.57. The average molecular weight is 373 g/mol. The molecule has 2 atom stereocenters. The summed E-state index contributed by atoms with van der Waals surface area (Å²) in [6, 6.07) is 12.1. The van der Waals surface area contributed by atoms with Crippen molar-refractivity contribution < 1.29 is 14.1 Å². The molecule has 9 heteroatoms. The first-order chi connectivity index (χ1) is 13.1. The van der Waals surface area contributed by atoms with E-state index in [9.17, 15) is 19.3 Å². The Hall–Kier alpha value is -3.04. The summed E-state index contributed by atoms with van der Waals surface area (Å²) in [7, 11) is 0. The highest BCUT2D eigenvalue weighted by molar-refractivity contribution is 5.80. The maximum atomic E-state index is 13.1. The molecule has 0 aliphatic carbocycles. The molecule has 0 aromatic heterocycles. The number of benzene rings is 2. The minimum absolute atomic E-state index is 0.00982. The first-order valence-electron chi connectivity index (χ1n) is 8.55. The van der Waals surface area contributed by atoms with E-state index in [0.29, 0.717) is 25.3 Å². The summed E-state index contributed by atoms with van der Waals surface area (Å²) >= 11 is 0. The van der Waals surface area contributed by atoms with Crippen LogP contribution in [0, 0.1) is 21.8 Å². The van der Waals surface area contributed by atoms with Crippen LogP contribution in [0.25, 0.3) is 0 Å². The van der Waals surface area contributed by atoms with Gasteiger partial charge in [0.05, 0.1) is 16.9 Å². The predicted molar refractivity (Wildman–Crippen MR) is 98.4 cm³/mol. The van der Waals surface area contributed by atoms with Crippen molar-refractivity contribution in [3.8, 4) is 0 Å². The molecule has 142 valence electrons. The molecule has 0 saturated carbocycles. The second-order valence-corrected chi connectivity index (χ2v) is 6.15. The zero-order chi connectivity index (χ0) is 19.2. The second-order valence-electron chi connectivity index (χ2n) is 6.15. The van der Waals surface area contributed by atoms with Crippen molar-refractivity contribution in [1.82, 2.24) is 16.2 Å². The van der Waals surface area contributed by atoms with Crippen LogP contribution in [0.4, 0.5) is 15.8 Å². The Bertz CT molecular complexity index is 815. The first kappa shape index (κ1) is 18.7. The molecule has 3 rings (SSSR count). The number of amides is 1. The smallest absolute Gasteiger partial charge is 0.292 e. The molecule has 2 unspecified atom stereocenters. The van der Waals surface area contributed by atoms with Crippen LogP contribution in [0.3, 0.4) is 0 Å². The molecule has 1 fully saturated rings. The van der Waals surface area contributed by atoms with Crippen molar-refractivity contribution in [2.24, 2.45) is 5.92 Å². The highest BCUT2D eigenvalue weighted by Gasteiger charge is 2.33. The largest absolute Gasteiger partial charge is 0.378 e. The molecule has 0 bridgehead atoms. The van der Waals surface area contributed by atoms with Crippen molar-refractivity contribution in [3.05, 3.63) is 70.0 Å². The first-order valence-corrected chi connectivity index (χ1v) is 8.55. The van der Waals surface area contributed by atoms with Gasteiger partial charge in [0.2, 0.25) is 5.91 Å². The maximum Gasteiger partial charge on any atom is 0.292 e. The van der Waals surface area contributed by atoms with Crippen LogP contribution in [-0.4, -0.2) is 30.5 Å². The lowest BCUT2D eigenvalue weighted by Crippen LogP contribution is -2.37. The maximum absolute atomic E-state index is 13.1. The Balaban J connectivity index is 1.52. The van der Waals surface area contributed by atoms with Gasteiger partial charge in [0.1, 0.15) is 11.5 Å². The Morgan fingerprint density at radius 1 is 1.19 bits per heavy atom. The molecule has 2 aromatic carbocycles. The number of hydrogen-bond donors (Lipinski definition) is 4. The van der Waals surface area contributed by atoms with E-state index in [0.717, 1.165) is 5.56 Å². The SMILES string of the molecule is O=C(NCCNc1ccccc1[N+](=O)[O-])C1CNNC1c1ccc(F)cc1. The number of rotatable bonds is 7. The highest BCUT2D eigenvalue weighted by Crippen LogP contribution is 2.25. The fourth-order valence-corrected chi connectivity index (χ4v) is 3.02. The number of para-hydroxylation sites is 2. The van der Waals surface area contributed by atoms with Crippen LogP contribution >= 0.6 is 0 Å². The van der Waals surface area contributed by atoms with Gasteiger partial charge >= 0.3 is 0 Å². The van der Waals surface area contributed by atoms with E-state index in [1.54, 1.807) is 30.3 Å². The van der Waals surface area contributed by atoms with Gasteiger partial charge in [-0.05, 0) is 23.8 Å². The molecule has 0 radical (unpaired) electrons. The third-order valence-corrected chi connectivity index (χ3v) is 4.39. The quantitative estimate of drug-likeness (QED) is 0.334. The minimum Gasteiger partial charge on any atom is -0.378 e. The number of nitrogens with zero attached hydrogens (tertiary/aromatic N) is 1. The van der Waals surface area contributed by atoms with Gasteiger partial charge in [0.15, 0.2) is 0 Å². The number of halogens is 1. The molecular weight excluding hydrogens is 353 g/mol. The highest BCUT2D eigenvalue weighted by atomic mass is 19.1. The standard InChI is InChI=1S/C18H20FN5O3/c19-13-7-5-12(6-8-13)17-14(11-22-23-17)18(25)21-10-9-20-15-3-1-2-4-16(15)24(26)27/h1-8,14,17,20,22-23H,9-11H2,(H,21,25). The number of nitro groups is 1. The summed E-state index contributed by atoms with van der Waals surface area (Å²) in [5.41, 5.74) is 7.21. The average Bonchev–Trinajstić information content (AvgIpc) is 3.16. The lowest BCUT2D eigenvalue weighted by Gasteiger charge is -2.18. The van der Waals surface area contributed by atoms with Crippen LogP contribution in [0.5, 0.6) is 0 Å². The van der Waals surface area contributed by atoms with Crippen molar-refractivity contribution in [2.45, 2.75) is 6.04 Å². The van der Waals surface area contributed by atoms with Crippen LogP contribution in [0.1, 0.15) is 11.6 Å². The third-order valence-electron chi connectivity index (χ3n) is 4.39. The number of hydrazine groups is 1. The van der Waals surface area contributed by atoms with E-state index in [1.807, 2.05) is 0 Å². The van der Waals surface area contributed by atoms with E-state index in [4.69, 9.17) is 0 Å². The van der Waals surface area contributed by atoms with Crippen molar-refractivity contribution in [2.75, 3.05) is 25.0 Å². The van der Waals surface area contributed by atoms with Crippen LogP contribution in [0.2, 0.25) is 0 Å². The molecule has 8 nitrogen and oxygen atoms in total. The van der Waals surface area contributed by atoms with Gasteiger partial charge in [-0.15, -0.1) is 0 Å². The molecular formula is C18H20FN5O3. The van der Waals surface area contributed by atoms with Crippen molar-refractivity contribution in [1.29, 1.82) is 0 Å². The summed E-state index contributed by atoms with van der Waals surface area (Å²) in [6.07, 6.45) is 0. The fraction of sp³-hybridized carbons (Fsp3) is 0.278. The minimum atomic E-state index is -0.454. The molecule has 1 amide bonds. The van der Waals surface area contributed by atoms with Gasteiger partial charge in [0, 0.05) is 25.7 Å². The van der Waals surface area contributed by atoms with Crippen LogP contribution < -0.4 is 21.5 Å². The fourth-order valence-electron chi connectivity index (χ4n) is 3.02. The molecule has 0 spiro atoms. The van der Waals surface area contributed by atoms with Crippen LogP contribution in [-0.2, 0) is 4.79 Å². The Morgan fingerprint density at radius 2 is 1.93 bits per heavy atom. The van der Waals surface area contributed by atoms with E-state index in [-0.39, 0.29) is 29.4 Å². The molecule has 1 aliphatic heterocycles. The number of carbonyl (C=O) groups is 1. The van der Waals surface area contributed by atoms with Crippen LogP contribution in [0.15, 0.2) is 48.5 Å². The molecule has 1 aliphatic rings. The topological polar surface area (TPSA) is 108 Å². The number of carbonyl (C=O) groups excluding carboxylic acids is 1. The van der Waals surface area contributed by atoms with Gasteiger partial charge in [-0.2, -0.15) is 0 Å². The number of nitrogens with one attached hydrogen (secondary N) is 4. The lowest BCUT2D eigenvalue weighted by atomic mass is 9.94. The molecule has 4 N–H and O–H groups in total. The van der Waals surface area contributed by atoms with Gasteiger partial charge < -0.3 is 10.6 Å². The summed E-state index contributed by atoms with van der Waals surface area (Å²) in [5.74, 6) is -0.820. The number of hydrogen-bond acceptors (Lipinski definition) is 6. The molecule has 27 heavy (non-hydrogen) atoms. The van der Waals surface area contributed by atoms with Crippen molar-refractivity contribution >= 4 is 17.3 Å². The summed E-state index contributed by atoms with van der Waals surface area (Å²) < 4.78 is 13.1. The monoisotopic (exact) mass is 373 g/mol. The van der Waals surface area contributed by atoms with E-state index in [2.05, 4.69) is 21.5 Å². The molecule has 2 aromatic rings. The van der Waals surface area contributed by atoms with E-state index < -0.39 is 4.92 Å². The van der Waals surface area contributed by atoms with Gasteiger partial charge in [0.25, 0.3) is 5.69 Å². The van der Waals surface area contributed by atoms with Gasteiger partial charge in [-0.25, -0.2) is 9.82 Å². The second kappa shape index (κ2) is 8.56. The Labute approximate surface area is 155 Å². The van der Waals surface area contributed by atoms with Gasteiger partial charge in [-0.3, -0.25) is 20.3 Å².